The van der Waals surface area contributed by atoms with Gasteiger partial charge >= 0.3 is 6.18 Å². The lowest BCUT2D eigenvalue weighted by Crippen LogP contribution is -2.41. The number of anilines is 2. The van der Waals surface area contributed by atoms with Crippen molar-refractivity contribution in [2.45, 2.75) is 94.9 Å². The summed E-state index contributed by atoms with van der Waals surface area (Å²) in [6.07, 6.45) is 1.50. The van der Waals surface area contributed by atoms with Gasteiger partial charge in [0.1, 0.15) is 11.6 Å². The Morgan fingerprint density at radius 2 is 1.86 bits per heavy atom. The molecule has 4 bridgehead atoms. The summed E-state index contributed by atoms with van der Waals surface area (Å²) in [5.41, 5.74) is -1.90. The first kappa shape index (κ1) is 29.9. The van der Waals surface area contributed by atoms with Crippen LogP contribution in [0.1, 0.15) is 82.0 Å². The number of sulfonamides is 1. The van der Waals surface area contributed by atoms with Crippen LogP contribution in [0.2, 0.25) is 0 Å². The third-order valence-corrected chi connectivity index (χ3v) is 10.9. The first-order valence-electron chi connectivity index (χ1n) is 15.0. The molecule has 3 aliphatic heterocycles. The van der Waals surface area contributed by atoms with Crippen molar-refractivity contribution in [3.05, 3.63) is 30.0 Å². The molecule has 6 rings (SSSR count). The van der Waals surface area contributed by atoms with Crippen LogP contribution in [0.3, 0.4) is 0 Å². The second-order valence-corrected chi connectivity index (χ2v) is 14.8. The lowest BCUT2D eigenvalue weighted by atomic mass is 9.93. The molecule has 0 unspecified atom stereocenters. The van der Waals surface area contributed by atoms with Gasteiger partial charge in [0.25, 0.3) is 15.9 Å². The number of nitrogens with one attached hydrogen (secondary N) is 1. The van der Waals surface area contributed by atoms with Crippen molar-refractivity contribution in [2.75, 3.05) is 22.9 Å². The molecule has 5 heterocycles. The Morgan fingerprint density at radius 1 is 1.09 bits per heavy atom. The Labute approximate surface area is 249 Å². The number of fused-ring (bicyclic) bond motifs is 6. The van der Waals surface area contributed by atoms with Crippen LogP contribution in [-0.2, 0) is 21.4 Å². The van der Waals surface area contributed by atoms with E-state index in [9.17, 15) is 31.2 Å². The fraction of sp³-hybridized carbons (Fsp3) is 0.655. The van der Waals surface area contributed by atoms with Crippen molar-refractivity contribution >= 4 is 33.5 Å². The molecule has 4 aliphatic rings. The van der Waals surface area contributed by atoms with Crippen LogP contribution < -0.4 is 14.5 Å². The van der Waals surface area contributed by atoms with Gasteiger partial charge in [0.15, 0.2) is 5.03 Å². The van der Waals surface area contributed by atoms with Gasteiger partial charge in [0.2, 0.25) is 5.91 Å². The van der Waals surface area contributed by atoms with E-state index >= 15 is 0 Å². The predicted octanol–water partition coefficient (Wildman–Crippen LogP) is 4.66. The summed E-state index contributed by atoms with van der Waals surface area (Å²) in [5.74, 6) is -0.467. The summed E-state index contributed by atoms with van der Waals surface area (Å²) < 4.78 is 69.8. The second-order valence-electron chi connectivity index (χ2n) is 13.2. The monoisotopic (exact) mass is 622 g/mol. The first-order valence-corrected chi connectivity index (χ1v) is 16.4. The molecule has 1 saturated carbocycles. The number of aromatic nitrogens is 3. The number of rotatable bonds is 5. The topological polar surface area (TPSA) is 118 Å². The van der Waals surface area contributed by atoms with E-state index in [0.717, 1.165) is 19.3 Å². The SMILES string of the molecule is CC1(C)C[C@H]2CCCn3ccc(n3)S(=O)(=O)NC(=O)c3ccc(N4CC[C@H](CCCC5(C(F)(F)F)CC5)C4=O)nc3N1C2. The van der Waals surface area contributed by atoms with Gasteiger partial charge in [0.05, 0.1) is 11.0 Å². The van der Waals surface area contributed by atoms with Gasteiger partial charge in [-0.3, -0.25) is 19.2 Å². The minimum atomic E-state index is -4.24. The number of carbonyl (C=O) groups excluding carboxylic acids is 2. The quantitative estimate of drug-likeness (QED) is 0.516. The van der Waals surface area contributed by atoms with Gasteiger partial charge < -0.3 is 4.90 Å². The molecule has 43 heavy (non-hydrogen) atoms. The second kappa shape index (κ2) is 10.5. The highest BCUT2D eigenvalue weighted by Crippen LogP contribution is 2.60. The molecule has 14 heteroatoms. The van der Waals surface area contributed by atoms with Crippen LogP contribution in [0.5, 0.6) is 0 Å². The van der Waals surface area contributed by atoms with E-state index in [0.29, 0.717) is 56.5 Å². The molecule has 2 aromatic heterocycles. The Kier molecular flexibility index (Phi) is 7.29. The number of amides is 2. The molecule has 2 amide bonds. The minimum absolute atomic E-state index is 0.0425. The molecule has 10 nitrogen and oxygen atoms in total. The van der Waals surface area contributed by atoms with E-state index in [1.165, 1.54) is 23.1 Å². The zero-order chi connectivity index (χ0) is 30.8. The first-order chi connectivity index (χ1) is 20.2. The van der Waals surface area contributed by atoms with Crippen molar-refractivity contribution in [3.8, 4) is 0 Å². The number of aryl methyl sites for hydroxylation is 1. The Hall–Kier alpha value is -3.16. The highest BCUT2D eigenvalue weighted by Gasteiger charge is 2.62. The summed E-state index contributed by atoms with van der Waals surface area (Å²) in [4.78, 5) is 35.2. The fourth-order valence-electron chi connectivity index (χ4n) is 7.05. The van der Waals surface area contributed by atoms with Crippen LogP contribution in [0.4, 0.5) is 24.8 Å². The molecule has 3 fully saturated rings. The van der Waals surface area contributed by atoms with Crippen molar-refractivity contribution < 1.29 is 31.2 Å². The van der Waals surface area contributed by atoms with Gasteiger partial charge in [0, 0.05) is 37.3 Å². The summed E-state index contributed by atoms with van der Waals surface area (Å²) in [7, 11) is -4.24. The minimum Gasteiger partial charge on any atom is -0.350 e. The molecular formula is C29H37F3N6O4S. The average molecular weight is 623 g/mol. The molecule has 1 N–H and O–H groups in total. The van der Waals surface area contributed by atoms with Gasteiger partial charge in [-0.15, -0.1) is 0 Å². The Bertz CT molecular complexity index is 1530. The zero-order valence-electron chi connectivity index (χ0n) is 24.4. The molecule has 2 atom stereocenters. The summed E-state index contributed by atoms with van der Waals surface area (Å²) in [5, 5.41) is 3.90. The van der Waals surface area contributed by atoms with E-state index in [-0.39, 0.29) is 41.7 Å². The number of pyridine rings is 1. The zero-order valence-corrected chi connectivity index (χ0v) is 25.2. The van der Waals surface area contributed by atoms with E-state index in [2.05, 4.69) is 23.7 Å². The van der Waals surface area contributed by atoms with Crippen LogP contribution in [0.15, 0.2) is 29.4 Å². The standard InChI is InChI=1S/C29H37F3N6O4S/c1-27(2)17-19-5-4-14-36-15-10-23(34-36)43(41,42)35-25(39)21-7-8-22(33-24(21)38(27)18-19)37-16-9-20(26(37)40)6-3-11-28(12-13-28)29(30,31)32/h7-8,10,15,19-20H,3-6,9,11-14,16-18H2,1-2H3,(H,35,39)/t19-,20+/m1/s1. The van der Waals surface area contributed by atoms with Gasteiger partial charge in [-0.25, -0.2) is 9.71 Å². The summed E-state index contributed by atoms with van der Waals surface area (Å²) in [6, 6.07) is 4.39. The van der Waals surface area contributed by atoms with Crippen molar-refractivity contribution in [3.63, 3.8) is 0 Å². The smallest absolute Gasteiger partial charge is 0.350 e. The number of carbonyl (C=O) groups is 2. The fourth-order valence-corrected chi connectivity index (χ4v) is 7.97. The van der Waals surface area contributed by atoms with E-state index in [4.69, 9.17) is 4.98 Å². The van der Waals surface area contributed by atoms with Crippen LogP contribution in [0, 0.1) is 17.3 Å². The number of alkyl halides is 3. The third-order valence-electron chi connectivity index (χ3n) is 9.69. The third kappa shape index (κ3) is 5.62. The van der Waals surface area contributed by atoms with E-state index in [1.807, 2.05) is 4.90 Å². The van der Waals surface area contributed by atoms with Crippen molar-refractivity contribution in [1.82, 2.24) is 19.5 Å². The van der Waals surface area contributed by atoms with Crippen LogP contribution in [0.25, 0.3) is 0 Å². The molecule has 2 aromatic rings. The maximum Gasteiger partial charge on any atom is 0.394 e. The highest BCUT2D eigenvalue weighted by molar-refractivity contribution is 7.90. The van der Waals surface area contributed by atoms with E-state index in [1.54, 1.807) is 10.9 Å². The molecule has 0 radical (unpaired) electrons. The predicted molar refractivity (Wildman–Crippen MR) is 152 cm³/mol. The number of hydrogen-bond donors (Lipinski definition) is 1. The maximum atomic E-state index is 13.5. The van der Waals surface area contributed by atoms with Crippen molar-refractivity contribution in [2.24, 2.45) is 17.3 Å². The molecule has 234 valence electrons. The normalized spacial score (nSPS) is 26.2. The lowest BCUT2D eigenvalue weighted by molar-refractivity contribution is -0.189. The molecule has 0 spiro atoms. The molecule has 1 aliphatic carbocycles. The number of halogens is 3. The Balaban J connectivity index is 1.27. The Morgan fingerprint density at radius 3 is 2.58 bits per heavy atom. The van der Waals surface area contributed by atoms with E-state index < -0.39 is 33.1 Å². The van der Waals surface area contributed by atoms with Gasteiger partial charge in [-0.2, -0.15) is 26.7 Å². The maximum absolute atomic E-state index is 13.5. The highest BCUT2D eigenvalue weighted by atomic mass is 32.2. The lowest BCUT2D eigenvalue weighted by Gasteiger charge is -2.34. The summed E-state index contributed by atoms with van der Waals surface area (Å²) >= 11 is 0. The molecular weight excluding hydrogens is 585 g/mol. The summed E-state index contributed by atoms with van der Waals surface area (Å²) in [6.45, 7) is 5.64. The largest absolute Gasteiger partial charge is 0.394 e. The van der Waals surface area contributed by atoms with Crippen LogP contribution in [-0.4, -0.2) is 59.8 Å². The van der Waals surface area contributed by atoms with Crippen molar-refractivity contribution in [1.29, 1.82) is 0 Å². The number of nitrogens with zero attached hydrogens (tertiary/aromatic N) is 5. The van der Waals surface area contributed by atoms with Gasteiger partial charge in [-0.05, 0) is 89.3 Å². The average Bonchev–Trinajstić information content (AvgIpc) is 3.25. The van der Waals surface area contributed by atoms with Gasteiger partial charge in [-0.1, -0.05) is 6.42 Å². The van der Waals surface area contributed by atoms with Crippen LogP contribution >= 0.6 is 0 Å². The molecule has 2 saturated heterocycles. The number of hydrogen-bond acceptors (Lipinski definition) is 7. The molecule has 0 aromatic carbocycles.